The average molecular weight is 439 g/mol. The van der Waals surface area contributed by atoms with E-state index in [9.17, 15) is 9.59 Å². The lowest BCUT2D eigenvalue weighted by Crippen LogP contribution is -2.43. The Morgan fingerprint density at radius 1 is 1.06 bits per heavy atom. The zero-order valence-electron chi connectivity index (χ0n) is 17.7. The molecule has 4 rings (SSSR count). The number of benzene rings is 2. The van der Waals surface area contributed by atoms with E-state index >= 15 is 0 Å². The Hall–Kier alpha value is -2.77. The highest BCUT2D eigenvalue weighted by Crippen LogP contribution is 2.32. The summed E-state index contributed by atoms with van der Waals surface area (Å²) < 4.78 is 12.2. The molecule has 6 nitrogen and oxygen atoms in total. The smallest absolute Gasteiger partial charge is 0.420 e. The fourth-order valence-electron chi connectivity index (χ4n) is 4.04. The Morgan fingerprint density at radius 3 is 2.48 bits per heavy atom. The molecule has 0 atom stereocenters. The van der Waals surface area contributed by atoms with Crippen LogP contribution < -0.4 is 4.90 Å². The van der Waals surface area contributed by atoms with Crippen LogP contribution in [0.15, 0.2) is 48.5 Å². The number of thiazole rings is 1. The van der Waals surface area contributed by atoms with Gasteiger partial charge in [-0.3, -0.25) is 4.79 Å². The largest absolute Gasteiger partial charge is 0.452 e. The molecule has 1 fully saturated rings. The highest BCUT2D eigenvalue weighted by molar-refractivity contribution is 7.18. The van der Waals surface area contributed by atoms with E-state index in [2.05, 4.69) is 11.1 Å². The summed E-state index contributed by atoms with van der Waals surface area (Å²) in [7, 11) is 1.30. The van der Waals surface area contributed by atoms with Crippen molar-refractivity contribution >= 4 is 39.2 Å². The molecule has 0 N–H and O–H groups in total. The van der Waals surface area contributed by atoms with E-state index in [0.29, 0.717) is 25.1 Å². The first-order valence-corrected chi connectivity index (χ1v) is 11.3. The van der Waals surface area contributed by atoms with Gasteiger partial charge in [0.2, 0.25) is 5.91 Å². The van der Waals surface area contributed by atoms with Crippen LogP contribution in [0.25, 0.3) is 10.2 Å². The van der Waals surface area contributed by atoms with Gasteiger partial charge in [-0.25, -0.2) is 14.7 Å². The number of aryl methyl sites for hydroxylation is 1. The van der Waals surface area contributed by atoms with E-state index in [1.165, 1.54) is 12.0 Å². The molecule has 2 amide bonds. The molecule has 0 bridgehead atoms. The molecule has 0 saturated heterocycles. The first-order chi connectivity index (χ1) is 15.1. The lowest BCUT2D eigenvalue weighted by Gasteiger charge is -2.31. The minimum Gasteiger partial charge on any atom is -0.452 e. The van der Waals surface area contributed by atoms with Crippen LogP contribution in [0.2, 0.25) is 0 Å². The molecule has 31 heavy (non-hydrogen) atoms. The van der Waals surface area contributed by atoms with Crippen molar-refractivity contribution in [3.8, 4) is 0 Å². The summed E-state index contributed by atoms with van der Waals surface area (Å²) in [5.41, 5.74) is 2.43. The topological polar surface area (TPSA) is 68.7 Å². The van der Waals surface area contributed by atoms with E-state index < -0.39 is 6.09 Å². The second-order valence-corrected chi connectivity index (χ2v) is 8.91. The van der Waals surface area contributed by atoms with E-state index in [1.807, 2.05) is 43.3 Å². The summed E-state index contributed by atoms with van der Waals surface area (Å²) in [6, 6.07) is 15.4. The number of para-hydroxylation sites is 2. The molecule has 0 unspecified atom stereocenters. The maximum Gasteiger partial charge on any atom is 0.420 e. The van der Waals surface area contributed by atoms with Gasteiger partial charge < -0.3 is 9.47 Å². The number of carbonyl (C=O) groups excluding carboxylic acids is 2. The number of anilines is 1. The molecule has 7 heteroatoms. The van der Waals surface area contributed by atoms with Gasteiger partial charge >= 0.3 is 6.09 Å². The van der Waals surface area contributed by atoms with Crippen LogP contribution in [0.4, 0.5) is 10.5 Å². The van der Waals surface area contributed by atoms with Crippen molar-refractivity contribution in [1.82, 2.24) is 4.98 Å². The Balaban J connectivity index is 1.36. The summed E-state index contributed by atoms with van der Waals surface area (Å²) in [6.07, 6.45) is 2.38. The molecule has 1 aliphatic rings. The van der Waals surface area contributed by atoms with Gasteiger partial charge in [0.15, 0.2) is 0 Å². The number of ether oxygens (including phenoxy) is 2. The number of rotatable bonds is 5. The number of aromatic nitrogens is 1. The second-order valence-electron chi connectivity index (χ2n) is 7.79. The molecular weight excluding hydrogens is 412 g/mol. The molecule has 2 aromatic carbocycles. The SMILES string of the molecule is COC(=O)N(C(=O)C1CCC(OCc2nc3ccccc3s2)CC1)c1ccccc1C. The quantitative estimate of drug-likeness (QED) is 0.528. The molecule has 0 spiro atoms. The van der Waals surface area contributed by atoms with Crippen LogP contribution in [-0.4, -0.2) is 30.2 Å². The fourth-order valence-corrected chi connectivity index (χ4v) is 4.93. The van der Waals surface area contributed by atoms with Gasteiger partial charge in [0.05, 0.1) is 35.7 Å². The van der Waals surface area contributed by atoms with Crippen molar-refractivity contribution < 1.29 is 19.1 Å². The fraction of sp³-hybridized carbons (Fsp3) is 0.375. The molecule has 1 heterocycles. The number of carbonyl (C=O) groups is 2. The van der Waals surface area contributed by atoms with Crippen molar-refractivity contribution in [2.75, 3.05) is 12.0 Å². The van der Waals surface area contributed by atoms with E-state index in [4.69, 9.17) is 9.47 Å². The van der Waals surface area contributed by atoms with Crippen molar-refractivity contribution in [2.45, 2.75) is 45.3 Å². The van der Waals surface area contributed by atoms with Crippen molar-refractivity contribution in [3.05, 3.63) is 59.1 Å². The zero-order chi connectivity index (χ0) is 21.8. The predicted octanol–water partition coefficient (Wildman–Crippen LogP) is 5.48. The van der Waals surface area contributed by atoms with Crippen LogP contribution >= 0.6 is 11.3 Å². The molecule has 162 valence electrons. The number of hydrogen-bond donors (Lipinski definition) is 0. The minimum atomic E-state index is -0.645. The van der Waals surface area contributed by atoms with Crippen molar-refractivity contribution in [1.29, 1.82) is 0 Å². The Labute approximate surface area is 185 Å². The number of methoxy groups -OCH3 is 1. The minimum absolute atomic E-state index is 0.0982. The Bertz CT molecular complexity index is 1040. The Morgan fingerprint density at radius 2 is 1.77 bits per heavy atom. The summed E-state index contributed by atoms with van der Waals surface area (Å²) in [5, 5.41) is 0.968. The number of nitrogens with zero attached hydrogens (tertiary/aromatic N) is 2. The van der Waals surface area contributed by atoms with Gasteiger partial charge in [0.25, 0.3) is 0 Å². The van der Waals surface area contributed by atoms with Crippen molar-refractivity contribution in [3.63, 3.8) is 0 Å². The summed E-state index contributed by atoms with van der Waals surface area (Å²) in [4.78, 5) is 31.4. The highest BCUT2D eigenvalue weighted by Gasteiger charge is 2.34. The monoisotopic (exact) mass is 438 g/mol. The Kier molecular flexibility index (Phi) is 6.63. The predicted molar refractivity (Wildman–Crippen MR) is 121 cm³/mol. The number of fused-ring (bicyclic) bond motifs is 1. The van der Waals surface area contributed by atoms with Crippen LogP contribution in [0.3, 0.4) is 0 Å². The van der Waals surface area contributed by atoms with Crippen LogP contribution in [-0.2, 0) is 20.9 Å². The van der Waals surface area contributed by atoms with Gasteiger partial charge in [0.1, 0.15) is 5.01 Å². The zero-order valence-corrected chi connectivity index (χ0v) is 18.6. The van der Waals surface area contributed by atoms with Crippen LogP contribution in [0, 0.1) is 12.8 Å². The third-order valence-corrected chi connectivity index (χ3v) is 6.75. The normalized spacial score (nSPS) is 18.6. The molecular formula is C24H26N2O4S. The maximum atomic E-state index is 13.2. The molecule has 3 aromatic rings. The molecule has 1 aliphatic carbocycles. The third-order valence-electron chi connectivity index (χ3n) is 5.74. The molecule has 0 aliphatic heterocycles. The van der Waals surface area contributed by atoms with Crippen molar-refractivity contribution in [2.24, 2.45) is 5.92 Å². The summed E-state index contributed by atoms with van der Waals surface area (Å²) in [6.45, 7) is 2.37. The lowest BCUT2D eigenvalue weighted by molar-refractivity contribution is -0.124. The van der Waals surface area contributed by atoms with Gasteiger partial charge in [0, 0.05) is 5.92 Å². The molecule has 1 saturated carbocycles. The van der Waals surface area contributed by atoms with Gasteiger partial charge in [-0.15, -0.1) is 11.3 Å². The van der Waals surface area contributed by atoms with E-state index in [-0.39, 0.29) is 17.9 Å². The second kappa shape index (κ2) is 9.58. The van der Waals surface area contributed by atoms with E-state index in [0.717, 1.165) is 33.6 Å². The summed E-state index contributed by atoms with van der Waals surface area (Å²) in [5.74, 6) is -0.424. The first-order valence-electron chi connectivity index (χ1n) is 10.5. The molecule has 1 aromatic heterocycles. The van der Waals surface area contributed by atoms with Gasteiger partial charge in [-0.05, 0) is 56.4 Å². The first kappa shape index (κ1) is 21.5. The standard InChI is InChI=1S/C24H26N2O4S/c1-16-7-3-5-9-20(16)26(24(28)29-2)23(27)17-11-13-18(14-12-17)30-15-22-25-19-8-4-6-10-21(19)31-22/h3-10,17-18H,11-15H2,1-2H3. The maximum absolute atomic E-state index is 13.2. The number of amides is 2. The summed E-state index contributed by atoms with van der Waals surface area (Å²) >= 11 is 1.65. The third kappa shape index (κ3) is 4.78. The number of imide groups is 1. The highest BCUT2D eigenvalue weighted by atomic mass is 32.1. The van der Waals surface area contributed by atoms with Crippen LogP contribution in [0.5, 0.6) is 0 Å². The lowest BCUT2D eigenvalue weighted by atomic mass is 9.86. The molecule has 0 radical (unpaired) electrons. The van der Waals surface area contributed by atoms with Gasteiger partial charge in [-0.2, -0.15) is 0 Å². The van der Waals surface area contributed by atoms with Crippen LogP contribution in [0.1, 0.15) is 36.3 Å². The van der Waals surface area contributed by atoms with E-state index in [1.54, 1.807) is 17.4 Å². The number of hydrogen-bond acceptors (Lipinski definition) is 6. The van der Waals surface area contributed by atoms with Gasteiger partial charge in [-0.1, -0.05) is 30.3 Å². The average Bonchev–Trinajstić information content (AvgIpc) is 3.22.